The molecule has 6 heteroatoms. The number of nitrogens with one attached hydrogen (secondary N) is 1. The maximum absolute atomic E-state index is 11.9. The van der Waals surface area contributed by atoms with Crippen molar-refractivity contribution >= 4 is 27.5 Å². The summed E-state index contributed by atoms with van der Waals surface area (Å²) >= 11 is 1.60. The summed E-state index contributed by atoms with van der Waals surface area (Å²) in [5.74, 6) is 1.37. The molecule has 1 fully saturated rings. The molecule has 3 heterocycles. The first-order valence-corrected chi connectivity index (χ1v) is 8.45. The molecule has 0 saturated carbocycles. The number of hydrogen-bond acceptors (Lipinski definition) is 5. The van der Waals surface area contributed by atoms with Crippen molar-refractivity contribution in [3.8, 4) is 10.8 Å². The van der Waals surface area contributed by atoms with E-state index in [1.165, 1.54) is 0 Å². The second-order valence-corrected chi connectivity index (χ2v) is 6.50. The monoisotopic (exact) mass is 328 g/mol. The van der Waals surface area contributed by atoms with Crippen molar-refractivity contribution in [3.05, 3.63) is 42.2 Å². The van der Waals surface area contributed by atoms with Crippen LogP contribution in [0.2, 0.25) is 0 Å². The lowest BCUT2D eigenvalue weighted by atomic mass is 10.2. The Labute approximate surface area is 137 Å². The normalized spacial score (nSPS) is 17.7. The summed E-state index contributed by atoms with van der Waals surface area (Å²) in [5, 5.41) is 3.71. The number of carbonyl (C=O) groups excluding carboxylic acids is 1. The van der Waals surface area contributed by atoms with E-state index in [4.69, 9.17) is 9.15 Å². The molecule has 1 saturated heterocycles. The topological polar surface area (TPSA) is 64.4 Å². The number of para-hydroxylation sites is 1. The van der Waals surface area contributed by atoms with Gasteiger partial charge in [0.1, 0.15) is 11.9 Å². The molecular weight excluding hydrogens is 312 g/mol. The summed E-state index contributed by atoms with van der Waals surface area (Å²) in [7, 11) is 0. The largest absolute Gasteiger partial charge is 0.457 e. The number of benzene rings is 1. The Morgan fingerprint density at radius 2 is 2.22 bits per heavy atom. The summed E-state index contributed by atoms with van der Waals surface area (Å²) < 4.78 is 12.3. The van der Waals surface area contributed by atoms with Gasteiger partial charge in [-0.1, -0.05) is 12.1 Å². The van der Waals surface area contributed by atoms with Crippen LogP contribution in [0.5, 0.6) is 0 Å². The first-order valence-electron chi connectivity index (χ1n) is 7.63. The molecule has 1 aromatic carbocycles. The minimum Gasteiger partial charge on any atom is -0.457 e. The van der Waals surface area contributed by atoms with Gasteiger partial charge in [0.25, 0.3) is 0 Å². The van der Waals surface area contributed by atoms with E-state index in [0.29, 0.717) is 18.9 Å². The maximum atomic E-state index is 11.9. The summed E-state index contributed by atoms with van der Waals surface area (Å²) in [6.45, 7) is 1.03. The van der Waals surface area contributed by atoms with Crippen LogP contribution in [-0.4, -0.2) is 23.6 Å². The van der Waals surface area contributed by atoms with Crippen molar-refractivity contribution in [2.45, 2.75) is 25.5 Å². The second kappa shape index (κ2) is 6.14. The lowest BCUT2D eigenvalue weighted by Crippen LogP contribution is -2.33. The summed E-state index contributed by atoms with van der Waals surface area (Å²) in [5.41, 5.74) is 0.970. The third kappa shape index (κ3) is 3.00. The number of furan rings is 1. The minimum atomic E-state index is -0.311. The molecule has 1 aliphatic heterocycles. The van der Waals surface area contributed by atoms with E-state index in [-0.39, 0.29) is 12.0 Å². The molecule has 1 N–H and O–H groups in total. The average Bonchev–Trinajstić information content (AvgIpc) is 3.31. The average molecular weight is 328 g/mol. The number of amides is 1. The van der Waals surface area contributed by atoms with Gasteiger partial charge in [0.05, 0.1) is 16.8 Å². The smallest absolute Gasteiger partial charge is 0.249 e. The Hall–Kier alpha value is -2.18. The molecule has 0 spiro atoms. The van der Waals surface area contributed by atoms with Crippen LogP contribution >= 0.6 is 11.3 Å². The highest BCUT2D eigenvalue weighted by Crippen LogP contribution is 2.31. The fourth-order valence-corrected chi connectivity index (χ4v) is 3.57. The minimum absolute atomic E-state index is 0.0690. The van der Waals surface area contributed by atoms with E-state index < -0.39 is 0 Å². The molecule has 1 unspecified atom stereocenters. The summed E-state index contributed by atoms with van der Waals surface area (Å²) in [4.78, 5) is 16.5. The molecule has 3 aromatic rings. The molecule has 2 aromatic heterocycles. The molecule has 0 aliphatic carbocycles. The lowest BCUT2D eigenvalue weighted by Gasteiger charge is -2.08. The van der Waals surface area contributed by atoms with Crippen molar-refractivity contribution < 1.29 is 13.9 Å². The maximum Gasteiger partial charge on any atom is 0.249 e. The number of carbonyl (C=O) groups is 1. The number of nitrogens with zero attached hydrogens (tertiary/aromatic N) is 1. The van der Waals surface area contributed by atoms with Gasteiger partial charge in [0.2, 0.25) is 5.91 Å². The van der Waals surface area contributed by atoms with Crippen LogP contribution < -0.4 is 5.32 Å². The van der Waals surface area contributed by atoms with E-state index in [9.17, 15) is 4.79 Å². The fraction of sp³-hybridized carbons (Fsp3) is 0.294. The molecule has 1 atom stereocenters. The van der Waals surface area contributed by atoms with Crippen LogP contribution in [0.15, 0.2) is 40.8 Å². The highest BCUT2D eigenvalue weighted by molar-refractivity contribution is 7.21. The first-order chi connectivity index (χ1) is 11.3. The molecule has 0 bridgehead atoms. The van der Waals surface area contributed by atoms with Crippen LogP contribution in [0.4, 0.5) is 0 Å². The predicted octanol–water partition coefficient (Wildman–Crippen LogP) is 3.35. The number of thiazole rings is 1. The molecule has 1 amide bonds. The third-order valence-electron chi connectivity index (χ3n) is 3.83. The zero-order valence-electron chi connectivity index (χ0n) is 12.5. The van der Waals surface area contributed by atoms with E-state index in [1.54, 1.807) is 11.3 Å². The molecule has 1 aliphatic rings. The number of hydrogen-bond donors (Lipinski definition) is 1. The van der Waals surface area contributed by atoms with Crippen molar-refractivity contribution in [3.63, 3.8) is 0 Å². The summed E-state index contributed by atoms with van der Waals surface area (Å²) in [6.07, 6.45) is 1.43. The highest BCUT2D eigenvalue weighted by atomic mass is 32.1. The van der Waals surface area contributed by atoms with Gasteiger partial charge in [-0.05, 0) is 37.1 Å². The Kier molecular flexibility index (Phi) is 3.85. The van der Waals surface area contributed by atoms with Gasteiger partial charge in [-0.15, -0.1) is 11.3 Å². The van der Waals surface area contributed by atoms with Crippen LogP contribution in [0, 0.1) is 0 Å². The van der Waals surface area contributed by atoms with Gasteiger partial charge in [-0.3, -0.25) is 4.79 Å². The quantitative estimate of drug-likeness (QED) is 0.798. The van der Waals surface area contributed by atoms with E-state index in [0.717, 1.165) is 33.8 Å². The SMILES string of the molecule is O=C(NCc1ccc(-c2nc3ccccc3s2)o1)C1CCCO1. The van der Waals surface area contributed by atoms with Crippen molar-refractivity contribution in [2.24, 2.45) is 0 Å². The Balaban J connectivity index is 1.45. The molecule has 23 heavy (non-hydrogen) atoms. The zero-order chi connectivity index (χ0) is 15.6. The van der Waals surface area contributed by atoms with Crippen LogP contribution in [0.25, 0.3) is 21.0 Å². The first kappa shape index (κ1) is 14.4. The van der Waals surface area contributed by atoms with Gasteiger partial charge in [0, 0.05) is 6.61 Å². The van der Waals surface area contributed by atoms with Gasteiger partial charge >= 0.3 is 0 Å². The standard InChI is InChI=1S/C17H16N2O3S/c20-16(13-5-3-9-21-13)18-10-11-7-8-14(22-11)17-19-12-4-1-2-6-15(12)23-17/h1-2,4,6-8,13H,3,5,9-10H2,(H,18,20). The Morgan fingerprint density at radius 1 is 1.30 bits per heavy atom. The second-order valence-electron chi connectivity index (χ2n) is 5.47. The van der Waals surface area contributed by atoms with E-state index in [2.05, 4.69) is 10.3 Å². The van der Waals surface area contributed by atoms with Gasteiger partial charge in [-0.2, -0.15) is 0 Å². The Morgan fingerprint density at radius 3 is 3.04 bits per heavy atom. The van der Waals surface area contributed by atoms with E-state index >= 15 is 0 Å². The van der Waals surface area contributed by atoms with Crippen molar-refractivity contribution in [2.75, 3.05) is 6.61 Å². The predicted molar refractivity (Wildman–Crippen MR) is 88.1 cm³/mol. The van der Waals surface area contributed by atoms with Crippen molar-refractivity contribution in [1.82, 2.24) is 10.3 Å². The van der Waals surface area contributed by atoms with Crippen molar-refractivity contribution in [1.29, 1.82) is 0 Å². The van der Waals surface area contributed by atoms with Crippen LogP contribution in [0.3, 0.4) is 0 Å². The number of rotatable bonds is 4. The Bertz CT molecular complexity index is 800. The highest BCUT2D eigenvalue weighted by Gasteiger charge is 2.23. The zero-order valence-corrected chi connectivity index (χ0v) is 13.3. The fourth-order valence-electron chi connectivity index (χ4n) is 2.64. The number of ether oxygens (including phenoxy) is 1. The lowest BCUT2D eigenvalue weighted by molar-refractivity contribution is -0.130. The number of aromatic nitrogens is 1. The molecule has 5 nitrogen and oxygen atoms in total. The molecule has 0 radical (unpaired) electrons. The van der Waals surface area contributed by atoms with Crippen LogP contribution in [-0.2, 0) is 16.1 Å². The summed E-state index contributed by atoms with van der Waals surface area (Å²) in [6, 6.07) is 11.8. The molecular formula is C17H16N2O3S. The molecule has 4 rings (SSSR count). The van der Waals surface area contributed by atoms with Gasteiger partial charge < -0.3 is 14.5 Å². The molecule has 118 valence electrons. The van der Waals surface area contributed by atoms with E-state index in [1.807, 2.05) is 36.4 Å². The van der Waals surface area contributed by atoms with Gasteiger partial charge in [0.15, 0.2) is 10.8 Å². The van der Waals surface area contributed by atoms with Crippen LogP contribution in [0.1, 0.15) is 18.6 Å². The third-order valence-corrected chi connectivity index (χ3v) is 4.88. The van der Waals surface area contributed by atoms with Gasteiger partial charge in [-0.25, -0.2) is 4.98 Å². The number of fused-ring (bicyclic) bond motifs is 1.